The SMILES string of the molecule is NC(N)=NC(=O)Cc1cccc(Cl)c1. The molecule has 5 heteroatoms. The fourth-order valence-corrected chi connectivity index (χ4v) is 1.22. The second-order valence-corrected chi connectivity index (χ2v) is 3.17. The lowest BCUT2D eigenvalue weighted by Gasteiger charge is -1.97. The van der Waals surface area contributed by atoms with Crippen molar-refractivity contribution in [3.63, 3.8) is 0 Å². The molecule has 0 bridgehead atoms. The number of carbonyl (C=O) groups is 1. The van der Waals surface area contributed by atoms with Crippen LogP contribution < -0.4 is 11.5 Å². The minimum atomic E-state index is -0.382. The molecule has 4 nitrogen and oxygen atoms in total. The Morgan fingerprint density at radius 2 is 2.14 bits per heavy atom. The van der Waals surface area contributed by atoms with Gasteiger partial charge in [0.2, 0.25) is 0 Å². The van der Waals surface area contributed by atoms with Gasteiger partial charge in [-0.15, -0.1) is 0 Å². The molecule has 4 N–H and O–H groups in total. The number of amides is 1. The highest BCUT2D eigenvalue weighted by Gasteiger charge is 2.02. The maximum Gasteiger partial charge on any atom is 0.253 e. The van der Waals surface area contributed by atoms with Crippen molar-refractivity contribution in [3.8, 4) is 0 Å². The summed E-state index contributed by atoms with van der Waals surface area (Å²) < 4.78 is 0. The Balaban J connectivity index is 2.70. The van der Waals surface area contributed by atoms with Crippen molar-refractivity contribution in [2.45, 2.75) is 6.42 Å². The van der Waals surface area contributed by atoms with Crippen molar-refractivity contribution < 1.29 is 4.79 Å². The molecule has 0 saturated carbocycles. The predicted molar refractivity (Wildman–Crippen MR) is 56.0 cm³/mol. The summed E-state index contributed by atoms with van der Waals surface area (Å²) in [5.41, 5.74) is 10.9. The fourth-order valence-electron chi connectivity index (χ4n) is 1.01. The zero-order chi connectivity index (χ0) is 10.6. The number of carbonyl (C=O) groups excluding carboxylic acids is 1. The summed E-state index contributed by atoms with van der Waals surface area (Å²) in [6.45, 7) is 0. The van der Waals surface area contributed by atoms with Gasteiger partial charge in [0.15, 0.2) is 5.96 Å². The Morgan fingerprint density at radius 3 is 2.71 bits per heavy atom. The summed E-state index contributed by atoms with van der Waals surface area (Å²) in [5.74, 6) is -0.607. The largest absolute Gasteiger partial charge is 0.370 e. The van der Waals surface area contributed by atoms with Crippen LogP contribution >= 0.6 is 11.6 Å². The molecule has 0 heterocycles. The molecule has 0 aliphatic heterocycles. The molecule has 1 amide bonds. The topological polar surface area (TPSA) is 81.5 Å². The third-order valence-electron chi connectivity index (χ3n) is 1.50. The lowest BCUT2D eigenvalue weighted by Crippen LogP contribution is -2.24. The van der Waals surface area contributed by atoms with Gasteiger partial charge in [0.05, 0.1) is 6.42 Å². The van der Waals surface area contributed by atoms with E-state index < -0.39 is 0 Å². The molecule has 1 aromatic rings. The van der Waals surface area contributed by atoms with Crippen LogP contribution in [-0.2, 0) is 11.2 Å². The quantitative estimate of drug-likeness (QED) is 0.558. The van der Waals surface area contributed by atoms with E-state index in [1.807, 2.05) is 0 Å². The Kier molecular flexibility index (Phi) is 3.48. The van der Waals surface area contributed by atoms with E-state index in [0.29, 0.717) is 5.02 Å². The highest BCUT2D eigenvalue weighted by Crippen LogP contribution is 2.11. The average molecular weight is 212 g/mol. The molecule has 0 spiro atoms. The van der Waals surface area contributed by atoms with Crippen LogP contribution in [0.1, 0.15) is 5.56 Å². The van der Waals surface area contributed by atoms with Gasteiger partial charge in [-0.1, -0.05) is 23.7 Å². The number of rotatable bonds is 2. The maximum absolute atomic E-state index is 11.1. The molecule has 0 aliphatic carbocycles. The summed E-state index contributed by atoms with van der Waals surface area (Å²) in [6.07, 6.45) is 0.151. The smallest absolute Gasteiger partial charge is 0.253 e. The maximum atomic E-state index is 11.1. The Bertz CT molecular complexity index is 372. The fraction of sp³-hybridized carbons (Fsp3) is 0.111. The number of aliphatic imine (C=N–C) groups is 1. The third-order valence-corrected chi connectivity index (χ3v) is 1.73. The summed E-state index contributed by atoms with van der Waals surface area (Å²) in [7, 11) is 0. The molecule has 0 atom stereocenters. The Morgan fingerprint density at radius 1 is 1.43 bits per heavy atom. The van der Waals surface area contributed by atoms with Crippen molar-refractivity contribution in [2.24, 2.45) is 16.5 Å². The van der Waals surface area contributed by atoms with Crippen LogP contribution in [0.2, 0.25) is 5.02 Å². The number of hydrogen-bond acceptors (Lipinski definition) is 1. The van der Waals surface area contributed by atoms with E-state index >= 15 is 0 Å². The van der Waals surface area contributed by atoms with E-state index in [0.717, 1.165) is 5.56 Å². The molecular formula is C9H10ClN3O. The van der Waals surface area contributed by atoms with E-state index in [2.05, 4.69) is 4.99 Å². The van der Waals surface area contributed by atoms with Crippen molar-refractivity contribution in [2.75, 3.05) is 0 Å². The average Bonchev–Trinajstić information content (AvgIpc) is 2.01. The molecule has 0 radical (unpaired) electrons. The van der Waals surface area contributed by atoms with Crippen LogP contribution in [0.15, 0.2) is 29.3 Å². The van der Waals surface area contributed by atoms with Crippen LogP contribution in [0.3, 0.4) is 0 Å². The minimum Gasteiger partial charge on any atom is -0.370 e. The highest BCUT2D eigenvalue weighted by atomic mass is 35.5. The first-order chi connectivity index (χ1) is 6.58. The van der Waals surface area contributed by atoms with Crippen LogP contribution in [-0.4, -0.2) is 11.9 Å². The highest BCUT2D eigenvalue weighted by molar-refractivity contribution is 6.30. The Hall–Kier alpha value is -1.55. The molecule has 14 heavy (non-hydrogen) atoms. The zero-order valence-corrected chi connectivity index (χ0v) is 8.16. The first-order valence-electron chi connectivity index (χ1n) is 3.95. The molecule has 0 aromatic heterocycles. The normalized spacial score (nSPS) is 9.50. The van der Waals surface area contributed by atoms with Gasteiger partial charge in [0, 0.05) is 5.02 Å². The van der Waals surface area contributed by atoms with Crippen molar-refractivity contribution in [1.82, 2.24) is 0 Å². The summed E-state index contributed by atoms with van der Waals surface area (Å²) in [6, 6.07) is 6.98. The molecule has 1 aromatic carbocycles. The standard InChI is InChI=1S/C9H10ClN3O/c10-7-3-1-2-6(4-7)5-8(14)13-9(11)12/h1-4H,5H2,(H4,11,12,13,14). The Labute approximate surface area is 86.6 Å². The molecular weight excluding hydrogens is 202 g/mol. The summed E-state index contributed by atoms with van der Waals surface area (Å²) in [5, 5.41) is 0.583. The number of hydrogen-bond donors (Lipinski definition) is 2. The lowest BCUT2D eigenvalue weighted by molar-refractivity contribution is -0.117. The molecule has 0 saturated heterocycles. The lowest BCUT2D eigenvalue weighted by atomic mass is 10.1. The van der Waals surface area contributed by atoms with Crippen LogP contribution in [0.4, 0.5) is 0 Å². The molecule has 0 unspecified atom stereocenters. The number of guanidine groups is 1. The van der Waals surface area contributed by atoms with Crippen LogP contribution in [0.25, 0.3) is 0 Å². The number of nitrogens with two attached hydrogens (primary N) is 2. The van der Waals surface area contributed by atoms with Crippen molar-refractivity contribution >= 4 is 23.5 Å². The van der Waals surface area contributed by atoms with Gasteiger partial charge in [-0.05, 0) is 17.7 Å². The van der Waals surface area contributed by atoms with E-state index in [1.54, 1.807) is 24.3 Å². The number of benzene rings is 1. The van der Waals surface area contributed by atoms with Gasteiger partial charge in [0.25, 0.3) is 5.91 Å². The van der Waals surface area contributed by atoms with E-state index in [1.165, 1.54) is 0 Å². The number of nitrogens with zero attached hydrogens (tertiary/aromatic N) is 1. The minimum absolute atomic E-state index is 0.151. The number of halogens is 1. The van der Waals surface area contributed by atoms with Gasteiger partial charge in [-0.2, -0.15) is 4.99 Å². The van der Waals surface area contributed by atoms with E-state index in [4.69, 9.17) is 23.1 Å². The van der Waals surface area contributed by atoms with Crippen LogP contribution in [0.5, 0.6) is 0 Å². The molecule has 0 fully saturated rings. The van der Waals surface area contributed by atoms with Gasteiger partial charge in [-0.25, -0.2) is 0 Å². The second kappa shape index (κ2) is 4.62. The molecule has 74 valence electrons. The van der Waals surface area contributed by atoms with Gasteiger partial charge < -0.3 is 11.5 Å². The first-order valence-corrected chi connectivity index (χ1v) is 4.32. The van der Waals surface area contributed by atoms with E-state index in [-0.39, 0.29) is 18.3 Å². The molecule has 1 rings (SSSR count). The second-order valence-electron chi connectivity index (χ2n) is 2.74. The van der Waals surface area contributed by atoms with Crippen LogP contribution in [0, 0.1) is 0 Å². The van der Waals surface area contributed by atoms with Gasteiger partial charge in [-0.3, -0.25) is 4.79 Å². The zero-order valence-electron chi connectivity index (χ0n) is 7.40. The van der Waals surface area contributed by atoms with Crippen molar-refractivity contribution in [3.05, 3.63) is 34.9 Å². The van der Waals surface area contributed by atoms with Gasteiger partial charge >= 0.3 is 0 Å². The van der Waals surface area contributed by atoms with Crippen molar-refractivity contribution in [1.29, 1.82) is 0 Å². The summed E-state index contributed by atoms with van der Waals surface area (Å²) in [4.78, 5) is 14.5. The molecule has 0 aliphatic rings. The predicted octanol–water partition coefficient (Wildman–Crippen LogP) is 0.683. The first kappa shape index (κ1) is 10.5. The van der Waals surface area contributed by atoms with E-state index in [9.17, 15) is 4.79 Å². The third kappa shape index (κ3) is 3.45. The summed E-state index contributed by atoms with van der Waals surface area (Å²) >= 11 is 5.74. The monoisotopic (exact) mass is 211 g/mol. The van der Waals surface area contributed by atoms with Gasteiger partial charge in [0.1, 0.15) is 0 Å².